The van der Waals surface area contributed by atoms with Crippen LogP contribution in [-0.4, -0.2) is 19.8 Å². The highest BCUT2D eigenvalue weighted by atomic mass is 79.9. The van der Waals surface area contributed by atoms with Gasteiger partial charge in [-0.3, -0.25) is 0 Å². The molecule has 3 heteroatoms. The van der Waals surface area contributed by atoms with Gasteiger partial charge in [0.2, 0.25) is 0 Å². The van der Waals surface area contributed by atoms with E-state index in [4.69, 9.17) is 4.74 Å². The van der Waals surface area contributed by atoms with Crippen molar-refractivity contribution >= 4 is 15.9 Å². The first-order valence-corrected chi connectivity index (χ1v) is 6.92. The van der Waals surface area contributed by atoms with E-state index in [0.717, 1.165) is 26.3 Å². The molecule has 0 heterocycles. The Morgan fingerprint density at radius 2 is 2.12 bits per heavy atom. The van der Waals surface area contributed by atoms with Crippen molar-refractivity contribution in [2.45, 2.75) is 27.3 Å². The summed E-state index contributed by atoms with van der Waals surface area (Å²) in [5.41, 5.74) is 2.57. The molecule has 0 saturated carbocycles. The van der Waals surface area contributed by atoms with Crippen LogP contribution in [0.5, 0.6) is 0 Å². The fourth-order valence-corrected chi connectivity index (χ4v) is 2.12. The molecule has 0 fully saturated rings. The lowest BCUT2D eigenvalue weighted by atomic mass is 10.1. The summed E-state index contributed by atoms with van der Waals surface area (Å²) in [5, 5.41) is 3.38. The third-order valence-corrected chi connectivity index (χ3v) is 3.14. The van der Waals surface area contributed by atoms with Crippen molar-refractivity contribution in [3.8, 4) is 0 Å². The van der Waals surface area contributed by atoms with Crippen molar-refractivity contribution in [3.63, 3.8) is 0 Å². The number of hydrogen-bond acceptors (Lipinski definition) is 2. The average Bonchev–Trinajstić information content (AvgIpc) is 2.25. The Hall–Kier alpha value is -0.380. The molecule has 0 amide bonds. The first kappa shape index (κ1) is 14.7. The van der Waals surface area contributed by atoms with Gasteiger partial charge in [0.15, 0.2) is 0 Å². The molecule has 1 rings (SSSR count). The molecule has 0 bridgehead atoms. The highest BCUT2D eigenvalue weighted by Crippen LogP contribution is 2.17. The first-order chi connectivity index (χ1) is 8.09. The van der Waals surface area contributed by atoms with Crippen LogP contribution in [0.1, 0.15) is 25.0 Å². The van der Waals surface area contributed by atoms with Crippen molar-refractivity contribution < 1.29 is 4.74 Å². The number of benzene rings is 1. The second kappa shape index (κ2) is 7.85. The minimum Gasteiger partial charge on any atom is -0.380 e. The largest absolute Gasteiger partial charge is 0.380 e. The highest BCUT2D eigenvalue weighted by Gasteiger charge is 1.99. The normalized spacial score (nSPS) is 11.1. The van der Waals surface area contributed by atoms with Gasteiger partial charge in [-0.1, -0.05) is 41.9 Å². The molecule has 0 aliphatic carbocycles. The van der Waals surface area contributed by atoms with E-state index in [1.165, 1.54) is 15.6 Å². The van der Waals surface area contributed by atoms with E-state index in [-0.39, 0.29) is 0 Å². The molecular formula is C14H22BrNO. The summed E-state index contributed by atoms with van der Waals surface area (Å²) in [5.74, 6) is 0.612. The summed E-state index contributed by atoms with van der Waals surface area (Å²) in [6.45, 7) is 9.83. The smallest absolute Gasteiger partial charge is 0.0591 e. The monoisotopic (exact) mass is 299 g/mol. The summed E-state index contributed by atoms with van der Waals surface area (Å²) < 4.78 is 6.68. The third-order valence-electron chi connectivity index (χ3n) is 2.40. The van der Waals surface area contributed by atoms with Gasteiger partial charge in [-0.15, -0.1) is 0 Å². The molecule has 0 unspecified atom stereocenters. The van der Waals surface area contributed by atoms with Gasteiger partial charge in [0.05, 0.1) is 6.61 Å². The van der Waals surface area contributed by atoms with Gasteiger partial charge in [-0.25, -0.2) is 0 Å². The van der Waals surface area contributed by atoms with Crippen molar-refractivity contribution in [2.75, 3.05) is 19.8 Å². The van der Waals surface area contributed by atoms with Crippen LogP contribution < -0.4 is 5.32 Å². The van der Waals surface area contributed by atoms with Crippen LogP contribution in [0.2, 0.25) is 0 Å². The number of ether oxygens (including phenoxy) is 1. The zero-order chi connectivity index (χ0) is 12.7. The molecule has 2 nitrogen and oxygen atoms in total. The zero-order valence-electron chi connectivity index (χ0n) is 10.9. The fourth-order valence-electron chi connectivity index (χ4n) is 1.48. The van der Waals surface area contributed by atoms with Gasteiger partial charge in [0.1, 0.15) is 0 Å². The maximum absolute atomic E-state index is 5.51. The number of halogens is 1. The molecule has 96 valence electrons. The first-order valence-electron chi connectivity index (χ1n) is 6.13. The maximum Gasteiger partial charge on any atom is 0.0591 e. The van der Waals surface area contributed by atoms with E-state index >= 15 is 0 Å². The average molecular weight is 300 g/mol. The molecule has 1 N–H and O–H groups in total. The molecule has 1 aromatic rings. The lowest BCUT2D eigenvalue weighted by Gasteiger charge is -2.09. The van der Waals surface area contributed by atoms with Crippen molar-refractivity contribution in [1.29, 1.82) is 0 Å². The Kier molecular flexibility index (Phi) is 6.78. The van der Waals surface area contributed by atoms with Gasteiger partial charge in [0.25, 0.3) is 0 Å². The minimum atomic E-state index is 0.612. The molecule has 0 atom stereocenters. The summed E-state index contributed by atoms with van der Waals surface area (Å²) in [6.07, 6.45) is 0. The Balaban J connectivity index is 2.18. The summed E-state index contributed by atoms with van der Waals surface area (Å²) in [7, 11) is 0. The Morgan fingerprint density at radius 3 is 2.76 bits per heavy atom. The maximum atomic E-state index is 5.51. The number of aryl methyl sites for hydroxylation is 1. The summed E-state index contributed by atoms with van der Waals surface area (Å²) >= 11 is 3.58. The second-order valence-electron chi connectivity index (χ2n) is 4.74. The van der Waals surface area contributed by atoms with E-state index in [1.807, 2.05) is 0 Å². The minimum absolute atomic E-state index is 0.612. The van der Waals surface area contributed by atoms with Crippen LogP contribution in [0.3, 0.4) is 0 Å². The van der Waals surface area contributed by atoms with Gasteiger partial charge < -0.3 is 10.1 Å². The Morgan fingerprint density at radius 1 is 1.35 bits per heavy atom. The lowest BCUT2D eigenvalue weighted by molar-refractivity contribution is 0.111. The summed E-state index contributed by atoms with van der Waals surface area (Å²) in [6, 6.07) is 6.44. The predicted octanol–water partition coefficient (Wildman–Crippen LogP) is 3.52. The number of rotatable bonds is 7. The Labute approximate surface area is 113 Å². The molecule has 0 spiro atoms. The van der Waals surface area contributed by atoms with E-state index < -0.39 is 0 Å². The van der Waals surface area contributed by atoms with Gasteiger partial charge >= 0.3 is 0 Å². The van der Waals surface area contributed by atoms with Crippen molar-refractivity contribution in [3.05, 3.63) is 33.8 Å². The molecule has 0 radical (unpaired) electrons. The van der Waals surface area contributed by atoms with Crippen molar-refractivity contribution in [2.24, 2.45) is 5.92 Å². The lowest BCUT2D eigenvalue weighted by Crippen LogP contribution is -2.20. The van der Waals surface area contributed by atoms with Gasteiger partial charge in [-0.05, 0) is 30.0 Å². The van der Waals surface area contributed by atoms with Gasteiger partial charge in [-0.2, -0.15) is 0 Å². The molecule has 0 saturated heterocycles. The molecular weight excluding hydrogens is 278 g/mol. The molecule has 1 aromatic carbocycles. The molecule has 17 heavy (non-hydrogen) atoms. The van der Waals surface area contributed by atoms with Crippen LogP contribution in [0.4, 0.5) is 0 Å². The van der Waals surface area contributed by atoms with E-state index in [1.54, 1.807) is 0 Å². The topological polar surface area (TPSA) is 21.3 Å². The standard InChI is InChI=1S/C14H22BrNO/c1-11(2)10-17-7-6-16-9-13-5-4-12(3)8-14(13)15/h4-5,8,11,16H,6-7,9-10H2,1-3H3. The predicted molar refractivity (Wildman–Crippen MR) is 76.2 cm³/mol. The van der Waals surface area contributed by atoms with Crippen LogP contribution >= 0.6 is 15.9 Å². The highest BCUT2D eigenvalue weighted by molar-refractivity contribution is 9.10. The van der Waals surface area contributed by atoms with Crippen LogP contribution in [0.25, 0.3) is 0 Å². The molecule has 0 aliphatic rings. The van der Waals surface area contributed by atoms with E-state index in [2.05, 4.69) is 60.2 Å². The second-order valence-corrected chi connectivity index (χ2v) is 5.59. The van der Waals surface area contributed by atoms with E-state index in [0.29, 0.717) is 5.92 Å². The van der Waals surface area contributed by atoms with E-state index in [9.17, 15) is 0 Å². The molecule has 0 aliphatic heterocycles. The van der Waals surface area contributed by atoms with Crippen LogP contribution in [0, 0.1) is 12.8 Å². The SMILES string of the molecule is Cc1ccc(CNCCOCC(C)C)c(Br)c1. The third kappa shape index (κ3) is 6.20. The number of hydrogen-bond donors (Lipinski definition) is 1. The van der Waals surface area contributed by atoms with Crippen molar-refractivity contribution in [1.82, 2.24) is 5.32 Å². The van der Waals surface area contributed by atoms with Gasteiger partial charge in [0, 0.05) is 24.2 Å². The van der Waals surface area contributed by atoms with Crippen LogP contribution in [-0.2, 0) is 11.3 Å². The number of nitrogens with one attached hydrogen (secondary N) is 1. The molecule has 0 aromatic heterocycles. The summed E-state index contributed by atoms with van der Waals surface area (Å²) in [4.78, 5) is 0. The quantitative estimate of drug-likeness (QED) is 0.778. The Bertz CT molecular complexity index is 339. The van der Waals surface area contributed by atoms with Crippen LogP contribution in [0.15, 0.2) is 22.7 Å². The fraction of sp³-hybridized carbons (Fsp3) is 0.571. The zero-order valence-corrected chi connectivity index (χ0v) is 12.5.